The fraction of sp³-hybridized carbons (Fsp3) is 0.333. The first-order valence-corrected chi connectivity index (χ1v) is 10.7. The lowest BCUT2D eigenvalue weighted by molar-refractivity contribution is 0.352. The van der Waals surface area contributed by atoms with Crippen LogP contribution in [0.5, 0.6) is 11.5 Å². The summed E-state index contributed by atoms with van der Waals surface area (Å²) in [5, 5.41) is 2.34. The second kappa shape index (κ2) is 10.7. The van der Waals surface area contributed by atoms with Gasteiger partial charge in [-0.05, 0) is 66.0 Å². The molecule has 0 aromatic heterocycles. The van der Waals surface area contributed by atoms with Crippen molar-refractivity contribution in [3.05, 3.63) is 84.4 Å². The molecule has 0 saturated heterocycles. The van der Waals surface area contributed by atoms with Crippen LogP contribution in [-0.4, -0.2) is 13.2 Å². The van der Waals surface area contributed by atoms with E-state index in [1.54, 1.807) is 0 Å². The number of fused-ring (bicyclic) bond motifs is 1. The molecule has 3 rings (SSSR count). The largest absolute Gasteiger partial charge is 0.490 e. The maximum atomic E-state index is 5.92. The first kappa shape index (κ1) is 21.0. The van der Waals surface area contributed by atoms with Crippen molar-refractivity contribution >= 4 is 10.8 Å². The van der Waals surface area contributed by atoms with Crippen LogP contribution in [0.3, 0.4) is 0 Å². The van der Waals surface area contributed by atoms with Crippen LogP contribution in [0.4, 0.5) is 0 Å². The number of hydrogen-bond donors (Lipinski definition) is 0. The Balaban J connectivity index is 1.45. The summed E-state index contributed by atoms with van der Waals surface area (Å²) in [4.78, 5) is 0. The molecule has 29 heavy (non-hydrogen) atoms. The van der Waals surface area contributed by atoms with Gasteiger partial charge in [0.2, 0.25) is 0 Å². The van der Waals surface area contributed by atoms with Crippen LogP contribution in [0.15, 0.2) is 78.9 Å². The molecule has 2 heteroatoms. The normalized spacial score (nSPS) is 12.6. The van der Waals surface area contributed by atoms with E-state index >= 15 is 0 Å². The van der Waals surface area contributed by atoms with Crippen LogP contribution in [0.25, 0.3) is 10.8 Å². The highest BCUT2D eigenvalue weighted by Crippen LogP contribution is 2.28. The Labute approximate surface area is 175 Å². The lowest BCUT2D eigenvalue weighted by atomic mass is 9.88. The molecular formula is C27H32O2. The molecule has 0 amide bonds. The first-order chi connectivity index (χ1) is 14.2. The molecule has 0 bridgehead atoms. The van der Waals surface area contributed by atoms with Crippen molar-refractivity contribution in [2.24, 2.45) is 5.92 Å². The van der Waals surface area contributed by atoms with Gasteiger partial charge >= 0.3 is 0 Å². The highest BCUT2D eigenvalue weighted by atomic mass is 16.5. The van der Waals surface area contributed by atoms with Crippen LogP contribution < -0.4 is 9.47 Å². The Morgan fingerprint density at radius 2 is 1.48 bits per heavy atom. The summed E-state index contributed by atoms with van der Waals surface area (Å²) in [7, 11) is 0. The smallest absolute Gasteiger partial charge is 0.127 e. The maximum Gasteiger partial charge on any atom is 0.127 e. The molecule has 2 nitrogen and oxygen atoms in total. The summed E-state index contributed by atoms with van der Waals surface area (Å²) in [6, 6.07) is 23.0. The minimum atomic E-state index is 0.531. The first-order valence-electron chi connectivity index (χ1n) is 10.7. The minimum Gasteiger partial charge on any atom is -0.490 e. The molecule has 0 spiro atoms. The number of ether oxygens (including phenoxy) is 2. The molecule has 3 aromatic carbocycles. The molecule has 0 aliphatic carbocycles. The molecule has 0 aliphatic heterocycles. The number of hydrogen-bond acceptors (Lipinski definition) is 2. The summed E-state index contributed by atoms with van der Waals surface area (Å²) in [6.07, 6.45) is 6.42. The summed E-state index contributed by atoms with van der Waals surface area (Å²) in [6.45, 7) is 7.92. The molecule has 3 aromatic rings. The molecule has 1 unspecified atom stereocenters. The quantitative estimate of drug-likeness (QED) is 0.337. The molecule has 0 radical (unpaired) electrons. The van der Waals surface area contributed by atoms with E-state index in [0.717, 1.165) is 22.8 Å². The van der Waals surface area contributed by atoms with E-state index in [2.05, 4.69) is 63.2 Å². The van der Waals surface area contributed by atoms with Crippen molar-refractivity contribution in [2.45, 2.75) is 39.5 Å². The van der Waals surface area contributed by atoms with Crippen LogP contribution in [-0.2, 0) is 0 Å². The second-order valence-electron chi connectivity index (χ2n) is 7.87. The van der Waals surface area contributed by atoms with E-state index in [-0.39, 0.29) is 0 Å². The third kappa shape index (κ3) is 6.12. The molecule has 0 N–H and O–H groups in total. The van der Waals surface area contributed by atoms with Crippen molar-refractivity contribution in [3.63, 3.8) is 0 Å². The van der Waals surface area contributed by atoms with Crippen molar-refractivity contribution in [1.29, 1.82) is 0 Å². The topological polar surface area (TPSA) is 18.5 Å². The van der Waals surface area contributed by atoms with E-state index in [9.17, 15) is 0 Å². The molecular weight excluding hydrogens is 356 g/mol. The zero-order chi connectivity index (χ0) is 20.5. The van der Waals surface area contributed by atoms with Gasteiger partial charge in [0, 0.05) is 5.39 Å². The van der Waals surface area contributed by atoms with Gasteiger partial charge in [0.25, 0.3) is 0 Å². The molecule has 0 saturated carbocycles. The van der Waals surface area contributed by atoms with E-state index in [0.29, 0.717) is 19.1 Å². The van der Waals surface area contributed by atoms with Crippen molar-refractivity contribution in [2.75, 3.05) is 13.2 Å². The summed E-state index contributed by atoms with van der Waals surface area (Å²) >= 11 is 0. The Kier molecular flexibility index (Phi) is 7.75. The van der Waals surface area contributed by atoms with E-state index < -0.39 is 0 Å². The Morgan fingerprint density at radius 3 is 2.21 bits per heavy atom. The van der Waals surface area contributed by atoms with Crippen LogP contribution in [0.1, 0.15) is 45.1 Å². The molecule has 0 fully saturated rings. The van der Waals surface area contributed by atoms with Gasteiger partial charge in [-0.2, -0.15) is 0 Å². The van der Waals surface area contributed by atoms with E-state index in [1.165, 1.54) is 23.8 Å². The Bertz CT molecular complexity index is 904. The van der Waals surface area contributed by atoms with E-state index in [4.69, 9.17) is 9.47 Å². The van der Waals surface area contributed by atoms with E-state index in [1.807, 2.05) is 36.4 Å². The van der Waals surface area contributed by atoms with Gasteiger partial charge in [-0.25, -0.2) is 0 Å². The summed E-state index contributed by atoms with van der Waals surface area (Å²) in [5.41, 5.74) is 1.41. The highest BCUT2D eigenvalue weighted by Gasteiger charge is 2.11. The second-order valence-corrected chi connectivity index (χ2v) is 7.87. The third-order valence-corrected chi connectivity index (χ3v) is 5.20. The molecule has 152 valence electrons. The standard InChI is InChI=1S/C27H32O2/c1-4-22(20-21(2)3)23-14-16-25(17-15-23)28-18-7-8-19-29-27-13-9-11-24-10-5-6-12-26(24)27/h5-17,21-22H,4,18-20H2,1-3H3. The fourth-order valence-electron chi connectivity index (χ4n) is 3.68. The van der Waals surface area contributed by atoms with Crippen molar-refractivity contribution < 1.29 is 9.47 Å². The highest BCUT2D eigenvalue weighted by molar-refractivity contribution is 5.88. The van der Waals surface area contributed by atoms with Gasteiger partial charge in [-0.1, -0.05) is 69.3 Å². The van der Waals surface area contributed by atoms with Gasteiger partial charge in [0.1, 0.15) is 24.7 Å². The minimum absolute atomic E-state index is 0.531. The lowest BCUT2D eigenvalue weighted by Crippen LogP contribution is -2.02. The van der Waals surface area contributed by atoms with Gasteiger partial charge in [-0.15, -0.1) is 0 Å². The molecule has 1 atom stereocenters. The van der Waals surface area contributed by atoms with Gasteiger partial charge < -0.3 is 9.47 Å². The Morgan fingerprint density at radius 1 is 0.793 bits per heavy atom. The SMILES string of the molecule is CCC(CC(C)C)c1ccc(OCC=CCOc2cccc3ccccc23)cc1. The predicted octanol–water partition coefficient (Wildman–Crippen LogP) is 7.39. The number of benzene rings is 3. The Hall–Kier alpha value is -2.74. The summed E-state index contributed by atoms with van der Waals surface area (Å²) < 4.78 is 11.8. The zero-order valence-corrected chi connectivity index (χ0v) is 17.8. The van der Waals surface area contributed by atoms with Crippen LogP contribution in [0, 0.1) is 5.92 Å². The fourth-order valence-corrected chi connectivity index (χ4v) is 3.68. The zero-order valence-electron chi connectivity index (χ0n) is 17.8. The number of rotatable bonds is 10. The maximum absolute atomic E-state index is 5.92. The average molecular weight is 389 g/mol. The van der Waals surface area contributed by atoms with Crippen LogP contribution in [0.2, 0.25) is 0 Å². The van der Waals surface area contributed by atoms with Gasteiger partial charge in [0.15, 0.2) is 0 Å². The third-order valence-electron chi connectivity index (χ3n) is 5.20. The lowest BCUT2D eigenvalue weighted by Gasteiger charge is -2.18. The summed E-state index contributed by atoms with van der Waals surface area (Å²) in [5.74, 6) is 3.18. The average Bonchev–Trinajstić information content (AvgIpc) is 2.75. The molecule has 0 aliphatic rings. The van der Waals surface area contributed by atoms with Gasteiger partial charge in [-0.3, -0.25) is 0 Å². The van der Waals surface area contributed by atoms with Crippen molar-refractivity contribution in [3.8, 4) is 11.5 Å². The van der Waals surface area contributed by atoms with Crippen molar-refractivity contribution in [1.82, 2.24) is 0 Å². The van der Waals surface area contributed by atoms with Gasteiger partial charge in [0.05, 0.1) is 0 Å². The van der Waals surface area contributed by atoms with Crippen LogP contribution >= 0.6 is 0 Å². The molecule has 0 heterocycles. The predicted molar refractivity (Wildman–Crippen MR) is 123 cm³/mol. The monoisotopic (exact) mass is 388 g/mol.